The van der Waals surface area contributed by atoms with Crippen LogP contribution >= 0.6 is 27.3 Å². The molecule has 0 aromatic carbocycles. The summed E-state index contributed by atoms with van der Waals surface area (Å²) in [7, 11) is 0. The molecule has 0 saturated carbocycles. The van der Waals surface area contributed by atoms with Gasteiger partial charge in [-0.15, -0.1) is 11.3 Å². The molecule has 5 heteroatoms. The van der Waals surface area contributed by atoms with Gasteiger partial charge in [0.25, 0.3) is 0 Å². The Bertz CT molecular complexity index is 324. The van der Waals surface area contributed by atoms with Crippen LogP contribution in [0.15, 0.2) is 9.85 Å². The van der Waals surface area contributed by atoms with Crippen LogP contribution in [-0.2, 0) is 11.2 Å². The van der Waals surface area contributed by atoms with Crippen molar-refractivity contribution in [1.29, 1.82) is 0 Å². The van der Waals surface area contributed by atoms with Crippen molar-refractivity contribution in [3.05, 3.63) is 20.3 Å². The minimum Gasteiger partial charge on any atom is -0.480 e. The Kier molecular flexibility index (Phi) is 3.47. The highest BCUT2D eigenvalue weighted by Crippen LogP contribution is 2.28. The van der Waals surface area contributed by atoms with E-state index in [9.17, 15) is 4.79 Å². The van der Waals surface area contributed by atoms with E-state index in [-0.39, 0.29) is 0 Å². The largest absolute Gasteiger partial charge is 0.480 e. The minimum absolute atomic E-state index is 0.375. The predicted octanol–water partition coefficient (Wildman–Crippen LogP) is 1.77. The molecule has 13 heavy (non-hydrogen) atoms. The van der Waals surface area contributed by atoms with E-state index in [4.69, 9.17) is 10.8 Å². The molecule has 1 heterocycles. The maximum Gasteiger partial charge on any atom is 0.320 e. The molecule has 0 radical (unpaired) electrons. The molecule has 1 aromatic heterocycles. The van der Waals surface area contributed by atoms with E-state index in [1.807, 2.05) is 13.0 Å². The number of aliphatic carboxylic acids is 1. The normalized spacial score (nSPS) is 12.8. The van der Waals surface area contributed by atoms with Crippen molar-refractivity contribution in [2.75, 3.05) is 0 Å². The summed E-state index contributed by atoms with van der Waals surface area (Å²) in [6.07, 6.45) is 0.375. The second-order valence-electron chi connectivity index (χ2n) is 2.80. The maximum atomic E-state index is 10.5. The first kappa shape index (κ1) is 10.7. The molecule has 1 rings (SSSR count). The van der Waals surface area contributed by atoms with Crippen molar-refractivity contribution in [1.82, 2.24) is 0 Å². The van der Waals surface area contributed by atoms with Gasteiger partial charge in [0.2, 0.25) is 0 Å². The van der Waals surface area contributed by atoms with Crippen LogP contribution in [0, 0.1) is 6.92 Å². The minimum atomic E-state index is -0.962. The van der Waals surface area contributed by atoms with E-state index in [0.717, 1.165) is 14.2 Å². The Hall–Kier alpha value is -0.390. The second kappa shape index (κ2) is 4.21. The SMILES string of the molecule is Cc1cc(CC(N)C(=O)O)c(Br)s1. The molecule has 1 aromatic rings. The third-order valence-electron chi connectivity index (χ3n) is 1.64. The fourth-order valence-corrected chi connectivity index (χ4v) is 2.80. The number of hydrogen-bond acceptors (Lipinski definition) is 3. The van der Waals surface area contributed by atoms with Crippen LogP contribution in [0.3, 0.4) is 0 Å². The molecule has 0 bridgehead atoms. The van der Waals surface area contributed by atoms with Crippen molar-refractivity contribution < 1.29 is 9.90 Å². The molecule has 0 fully saturated rings. The Morgan fingerprint density at radius 2 is 2.46 bits per heavy atom. The molecule has 0 spiro atoms. The second-order valence-corrected chi connectivity index (χ2v) is 5.38. The Labute approximate surface area is 88.7 Å². The van der Waals surface area contributed by atoms with Gasteiger partial charge in [-0.25, -0.2) is 0 Å². The van der Waals surface area contributed by atoms with E-state index >= 15 is 0 Å². The molecule has 0 amide bonds. The quantitative estimate of drug-likeness (QED) is 0.874. The summed E-state index contributed by atoms with van der Waals surface area (Å²) in [5.74, 6) is -0.962. The van der Waals surface area contributed by atoms with Crippen molar-refractivity contribution in [2.24, 2.45) is 5.73 Å². The van der Waals surface area contributed by atoms with E-state index < -0.39 is 12.0 Å². The fourth-order valence-electron chi connectivity index (χ4n) is 1.00. The summed E-state index contributed by atoms with van der Waals surface area (Å²) in [6.45, 7) is 1.98. The van der Waals surface area contributed by atoms with Crippen LogP contribution in [0.25, 0.3) is 0 Å². The van der Waals surface area contributed by atoms with Crippen molar-refractivity contribution >= 4 is 33.2 Å². The van der Waals surface area contributed by atoms with E-state index in [1.165, 1.54) is 0 Å². The van der Waals surface area contributed by atoms with Crippen LogP contribution in [0.1, 0.15) is 10.4 Å². The summed E-state index contributed by atoms with van der Waals surface area (Å²) in [6, 6.07) is 1.14. The Balaban J connectivity index is 2.74. The lowest BCUT2D eigenvalue weighted by Gasteiger charge is -2.04. The van der Waals surface area contributed by atoms with Crippen LogP contribution in [-0.4, -0.2) is 17.1 Å². The van der Waals surface area contributed by atoms with E-state index in [1.54, 1.807) is 11.3 Å². The lowest BCUT2D eigenvalue weighted by Crippen LogP contribution is -2.32. The standard InChI is InChI=1S/C8H10BrNO2S/c1-4-2-5(7(9)13-4)3-6(10)8(11)12/h2,6H,3,10H2,1H3,(H,11,12). The summed E-state index contributed by atoms with van der Waals surface area (Å²) in [4.78, 5) is 11.6. The van der Waals surface area contributed by atoms with Crippen LogP contribution in [0.5, 0.6) is 0 Å². The van der Waals surface area contributed by atoms with E-state index in [0.29, 0.717) is 6.42 Å². The van der Waals surface area contributed by atoms with E-state index in [2.05, 4.69) is 15.9 Å². The number of carboxylic acid groups (broad SMARTS) is 1. The Morgan fingerprint density at radius 3 is 2.85 bits per heavy atom. The summed E-state index contributed by atoms with van der Waals surface area (Å²) >= 11 is 4.96. The smallest absolute Gasteiger partial charge is 0.320 e. The fraction of sp³-hybridized carbons (Fsp3) is 0.375. The average Bonchev–Trinajstić information content (AvgIpc) is 2.30. The number of carbonyl (C=O) groups is 1. The summed E-state index contributed by atoms with van der Waals surface area (Å²) in [5.41, 5.74) is 6.38. The highest BCUT2D eigenvalue weighted by Gasteiger charge is 2.15. The van der Waals surface area contributed by atoms with Gasteiger partial charge < -0.3 is 10.8 Å². The van der Waals surface area contributed by atoms with Gasteiger partial charge in [0.1, 0.15) is 6.04 Å². The number of halogens is 1. The zero-order valence-corrected chi connectivity index (χ0v) is 9.48. The van der Waals surface area contributed by atoms with Crippen molar-refractivity contribution in [3.63, 3.8) is 0 Å². The average molecular weight is 264 g/mol. The maximum absolute atomic E-state index is 10.5. The van der Waals surface area contributed by atoms with Gasteiger partial charge >= 0.3 is 5.97 Å². The number of hydrogen-bond donors (Lipinski definition) is 2. The molecular formula is C8H10BrNO2S. The molecular weight excluding hydrogens is 254 g/mol. The molecule has 3 nitrogen and oxygen atoms in total. The Morgan fingerprint density at radius 1 is 1.85 bits per heavy atom. The van der Waals surface area contributed by atoms with Gasteiger partial charge in [-0.1, -0.05) is 0 Å². The number of aryl methyl sites for hydroxylation is 1. The lowest BCUT2D eigenvalue weighted by molar-refractivity contribution is -0.138. The third kappa shape index (κ3) is 2.79. The first-order chi connectivity index (χ1) is 6.00. The molecule has 3 N–H and O–H groups in total. The number of rotatable bonds is 3. The number of thiophene rings is 1. The van der Waals surface area contributed by atoms with Gasteiger partial charge in [-0.05, 0) is 34.5 Å². The number of carboxylic acids is 1. The van der Waals surface area contributed by atoms with Crippen LogP contribution in [0.2, 0.25) is 0 Å². The topological polar surface area (TPSA) is 63.3 Å². The highest BCUT2D eigenvalue weighted by molar-refractivity contribution is 9.11. The van der Waals surface area contributed by atoms with Crippen molar-refractivity contribution in [3.8, 4) is 0 Å². The first-order valence-electron chi connectivity index (χ1n) is 3.74. The predicted molar refractivity (Wildman–Crippen MR) is 56.1 cm³/mol. The molecule has 0 aliphatic heterocycles. The highest BCUT2D eigenvalue weighted by atomic mass is 79.9. The lowest BCUT2D eigenvalue weighted by atomic mass is 10.1. The molecule has 1 atom stereocenters. The zero-order valence-electron chi connectivity index (χ0n) is 7.08. The molecule has 72 valence electrons. The summed E-state index contributed by atoms with van der Waals surface area (Å²) < 4.78 is 0.974. The van der Waals surface area contributed by atoms with Gasteiger partial charge in [-0.2, -0.15) is 0 Å². The zero-order chi connectivity index (χ0) is 10.0. The monoisotopic (exact) mass is 263 g/mol. The first-order valence-corrected chi connectivity index (χ1v) is 5.35. The molecule has 0 saturated heterocycles. The third-order valence-corrected chi connectivity index (χ3v) is 3.51. The van der Waals surface area contributed by atoms with Crippen molar-refractivity contribution in [2.45, 2.75) is 19.4 Å². The van der Waals surface area contributed by atoms with Gasteiger partial charge in [0.05, 0.1) is 3.79 Å². The number of nitrogens with two attached hydrogens (primary N) is 1. The molecule has 0 aliphatic rings. The molecule has 1 unspecified atom stereocenters. The van der Waals surface area contributed by atoms with Gasteiger partial charge in [-0.3, -0.25) is 4.79 Å². The summed E-state index contributed by atoms with van der Waals surface area (Å²) in [5, 5.41) is 8.60. The molecule has 0 aliphatic carbocycles. The van der Waals surface area contributed by atoms with Crippen LogP contribution < -0.4 is 5.73 Å². The van der Waals surface area contributed by atoms with Gasteiger partial charge in [0, 0.05) is 11.3 Å². The van der Waals surface area contributed by atoms with Gasteiger partial charge in [0.15, 0.2) is 0 Å². The van der Waals surface area contributed by atoms with Crippen LogP contribution in [0.4, 0.5) is 0 Å².